The Labute approximate surface area is 123 Å². The molecule has 1 heterocycles. The van der Waals surface area contributed by atoms with Gasteiger partial charge in [-0.15, -0.1) is 0 Å². The third kappa shape index (κ3) is 3.93. The van der Waals surface area contributed by atoms with Crippen molar-refractivity contribution in [2.45, 2.75) is 18.9 Å². The predicted octanol–water partition coefficient (Wildman–Crippen LogP) is 3.40. The highest BCUT2D eigenvalue weighted by Crippen LogP contribution is 2.17. The molecule has 1 aromatic heterocycles. The maximum atomic E-state index is 12.0. The Morgan fingerprint density at radius 2 is 2.12 bits per heavy atom. The Bertz CT molecular complexity index is 371. The number of aromatic nitrogens is 1. The average molecular weight is 384 g/mol. The molecule has 1 N–H and O–H groups in total. The van der Waals surface area contributed by atoms with Crippen LogP contribution in [0, 0.1) is 0 Å². The van der Waals surface area contributed by atoms with Crippen LogP contribution in [0.1, 0.15) is 23.8 Å². The monoisotopic (exact) mass is 382 g/mol. The van der Waals surface area contributed by atoms with Gasteiger partial charge in [-0.25, -0.2) is 4.98 Å². The van der Waals surface area contributed by atoms with Crippen molar-refractivity contribution in [3.05, 3.63) is 29.0 Å². The van der Waals surface area contributed by atoms with Crippen molar-refractivity contribution in [3.63, 3.8) is 0 Å². The first-order chi connectivity index (χ1) is 8.06. The highest BCUT2D eigenvalue weighted by Gasteiger charge is 2.28. The number of rotatable bonds is 5. The zero-order valence-corrected chi connectivity index (χ0v) is 13.3. The van der Waals surface area contributed by atoms with Crippen LogP contribution in [0.2, 0.25) is 5.02 Å². The molecule has 0 fully saturated rings. The first-order valence-corrected chi connectivity index (χ1v) is 7.75. The molecule has 17 heavy (non-hydrogen) atoms. The normalized spacial score (nSPS) is 11.3. The minimum absolute atomic E-state index is 0.192. The summed E-state index contributed by atoms with van der Waals surface area (Å²) in [5.41, 5.74) is 0.0763. The Morgan fingerprint density at radius 1 is 1.47 bits per heavy atom. The highest BCUT2D eigenvalue weighted by atomic mass is 79.9. The molecular weight excluding hydrogens is 371 g/mol. The first kappa shape index (κ1) is 14.9. The summed E-state index contributed by atoms with van der Waals surface area (Å²) in [7, 11) is 0. The molecule has 1 rings (SSSR count). The molecule has 0 saturated heterocycles. The van der Waals surface area contributed by atoms with Crippen LogP contribution in [-0.4, -0.2) is 27.1 Å². The highest BCUT2D eigenvalue weighted by molar-refractivity contribution is 9.09. The molecular formula is C11H13Br2ClN2O. The van der Waals surface area contributed by atoms with E-state index in [0.29, 0.717) is 21.4 Å². The van der Waals surface area contributed by atoms with Gasteiger partial charge in [0.05, 0.1) is 10.6 Å². The van der Waals surface area contributed by atoms with Crippen LogP contribution in [0.5, 0.6) is 0 Å². The lowest BCUT2D eigenvalue weighted by Gasteiger charge is -2.29. The van der Waals surface area contributed by atoms with Crippen molar-refractivity contribution in [3.8, 4) is 0 Å². The summed E-state index contributed by atoms with van der Waals surface area (Å²) in [6.07, 6.45) is 2.29. The Morgan fingerprint density at radius 3 is 2.53 bits per heavy atom. The molecule has 0 unspecified atom stereocenters. The van der Waals surface area contributed by atoms with Crippen LogP contribution < -0.4 is 5.32 Å². The Hall–Kier alpha value is -0.130. The van der Waals surface area contributed by atoms with Crippen LogP contribution >= 0.6 is 43.5 Å². The van der Waals surface area contributed by atoms with Crippen LogP contribution in [0.3, 0.4) is 0 Å². The number of hydrogen-bond donors (Lipinski definition) is 1. The van der Waals surface area contributed by atoms with E-state index in [0.717, 1.165) is 6.42 Å². The maximum Gasteiger partial charge on any atom is 0.270 e. The van der Waals surface area contributed by atoms with Crippen molar-refractivity contribution in [1.82, 2.24) is 10.3 Å². The average Bonchev–Trinajstić information content (AvgIpc) is 2.37. The van der Waals surface area contributed by atoms with Crippen LogP contribution in [0.25, 0.3) is 0 Å². The Kier molecular flexibility index (Phi) is 5.89. The van der Waals surface area contributed by atoms with Gasteiger partial charge in [0.2, 0.25) is 0 Å². The summed E-state index contributed by atoms with van der Waals surface area (Å²) in [6.45, 7) is 2.03. The largest absolute Gasteiger partial charge is 0.344 e. The maximum absolute atomic E-state index is 12.0. The summed E-state index contributed by atoms with van der Waals surface area (Å²) in [6, 6.07) is 3.26. The number of nitrogens with one attached hydrogen (secondary N) is 1. The predicted molar refractivity (Wildman–Crippen MR) is 77.3 cm³/mol. The summed E-state index contributed by atoms with van der Waals surface area (Å²) < 4.78 is 0. The van der Waals surface area contributed by atoms with Crippen molar-refractivity contribution in [1.29, 1.82) is 0 Å². The van der Waals surface area contributed by atoms with Gasteiger partial charge in [-0.3, -0.25) is 4.79 Å². The molecule has 0 spiro atoms. The second-order valence-corrected chi connectivity index (χ2v) is 5.27. The molecule has 1 aromatic rings. The molecule has 0 atom stereocenters. The van der Waals surface area contributed by atoms with E-state index in [1.165, 1.54) is 6.20 Å². The quantitative estimate of drug-likeness (QED) is 0.791. The minimum atomic E-state index is -0.293. The molecule has 0 aromatic carbocycles. The number of amides is 1. The topological polar surface area (TPSA) is 42.0 Å². The molecule has 1 amide bonds. The van der Waals surface area contributed by atoms with Crippen molar-refractivity contribution in [2.24, 2.45) is 0 Å². The van der Waals surface area contributed by atoms with Crippen LogP contribution in [-0.2, 0) is 0 Å². The van der Waals surface area contributed by atoms with Gasteiger partial charge in [0.15, 0.2) is 0 Å². The molecule has 94 valence electrons. The first-order valence-electron chi connectivity index (χ1n) is 5.13. The number of pyridine rings is 1. The SMILES string of the molecule is CCC(CBr)(CBr)NC(=O)c1ccc(Cl)cn1. The Balaban J connectivity index is 2.81. The van der Waals surface area contributed by atoms with E-state index < -0.39 is 0 Å². The van der Waals surface area contributed by atoms with Crippen molar-refractivity contribution >= 4 is 49.4 Å². The molecule has 0 aliphatic carbocycles. The third-order valence-corrected chi connectivity index (χ3v) is 4.90. The van der Waals surface area contributed by atoms with Crippen LogP contribution in [0.4, 0.5) is 0 Å². The smallest absolute Gasteiger partial charge is 0.270 e. The molecule has 0 aliphatic heterocycles. The number of hydrogen-bond acceptors (Lipinski definition) is 2. The summed E-state index contributed by atoms with van der Waals surface area (Å²) in [5.74, 6) is -0.192. The van der Waals surface area contributed by atoms with E-state index in [2.05, 4.69) is 42.2 Å². The zero-order chi connectivity index (χ0) is 12.9. The number of nitrogens with zero attached hydrogens (tertiary/aromatic N) is 1. The second kappa shape index (κ2) is 6.71. The number of carbonyl (C=O) groups excluding carboxylic acids is 1. The fourth-order valence-corrected chi connectivity index (χ4v) is 3.31. The fourth-order valence-electron chi connectivity index (χ4n) is 1.19. The second-order valence-electron chi connectivity index (χ2n) is 3.72. The van der Waals surface area contributed by atoms with Gasteiger partial charge in [-0.1, -0.05) is 50.4 Å². The van der Waals surface area contributed by atoms with Gasteiger partial charge in [0, 0.05) is 16.9 Å². The van der Waals surface area contributed by atoms with Gasteiger partial charge >= 0.3 is 0 Å². The zero-order valence-electron chi connectivity index (χ0n) is 9.34. The van der Waals surface area contributed by atoms with E-state index in [1.54, 1.807) is 12.1 Å². The van der Waals surface area contributed by atoms with Gasteiger partial charge in [-0.05, 0) is 18.6 Å². The fraction of sp³-hybridized carbons (Fsp3) is 0.455. The molecule has 3 nitrogen and oxygen atoms in total. The van der Waals surface area contributed by atoms with Gasteiger partial charge in [0.25, 0.3) is 5.91 Å². The number of halogens is 3. The number of alkyl halides is 2. The van der Waals surface area contributed by atoms with E-state index in [9.17, 15) is 4.79 Å². The summed E-state index contributed by atoms with van der Waals surface area (Å²) in [4.78, 5) is 16.0. The van der Waals surface area contributed by atoms with Gasteiger partial charge in [-0.2, -0.15) is 0 Å². The molecule has 0 aliphatic rings. The van der Waals surface area contributed by atoms with E-state index in [-0.39, 0.29) is 11.4 Å². The third-order valence-electron chi connectivity index (χ3n) is 2.53. The van der Waals surface area contributed by atoms with E-state index >= 15 is 0 Å². The molecule has 0 bridgehead atoms. The standard InChI is InChI=1S/C11H13Br2ClN2O/c1-2-11(6-12,7-13)16-10(17)9-4-3-8(14)5-15-9/h3-5H,2,6-7H2,1H3,(H,16,17). The van der Waals surface area contributed by atoms with Gasteiger partial charge < -0.3 is 5.32 Å². The van der Waals surface area contributed by atoms with Crippen molar-refractivity contribution < 1.29 is 4.79 Å². The lowest BCUT2D eigenvalue weighted by atomic mass is 10.0. The lowest BCUT2D eigenvalue weighted by Crippen LogP contribution is -2.51. The summed E-state index contributed by atoms with van der Waals surface area (Å²) in [5, 5.41) is 4.86. The van der Waals surface area contributed by atoms with Crippen LogP contribution in [0.15, 0.2) is 18.3 Å². The lowest BCUT2D eigenvalue weighted by molar-refractivity contribution is 0.0910. The molecule has 6 heteroatoms. The molecule has 0 radical (unpaired) electrons. The van der Waals surface area contributed by atoms with Gasteiger partial charge in [0.1, 0.15) is 5.69 Å². The number of carbonyl (C=O) groups is 1. The summed E-state index contributed by atoms with van der Waals surface area (Å²) >= 11 is 12.6. The molecule has 0 saturated carbocycles. The minimum Gasteiger partial charge on any atom is -0.344 e. The van der Waals surface area contributed by atoms with E-state index in [1.807, 2.05) is 6.92 Å². The van der Waals surface area contributed by atoms with E-state index in [4.69, 9.17) is 11.6 Å². The van der Waals surface area contributed by atoms with Crippen molar-refractivity contribution in [2.75, 3.05) is 10.7 Å².